The molecule has 0 saturated heterocycles. The molecule has 1 aromatic heterocycles. The highest BCUT2D eigenvalue weighted by atomic mass is 16.5. The molecule has 0 atom stereocenters. The number of ether oxygens (including phenoxy) is 1. The van der Waals surface area contributed by atoms with Crippen molar-refractivity contribution in [3.05, 3.63) is 11.9 Å². The Morgan fingerprint density at radius 2 is 2.00 bits per heavy atom. The lowest BCUT2D eigenvalue weighted by molar-refractivity contribution is 0.0971. The summed E-state index contributed by atoms with van der Waals surface area (Å²) in [6, 6.07) is 0. The van der Waals surface area contributed by atoms with E-state index in [1.54, 1.807) is 0 Å². The zero-order valence-electron chi connectivity index (χ0n) is 10.7. The van der Waals surface area contributed by atoms with Crippen molar-refractivity contribution in [2.75, 3.05) is 5.73 Å². The van der Waals surface area contributed by atoms with E-state index in [0.29, 0.717) is 11.7 Å². The van der Waals surface area contributed by atoms with E-state index in [1.165, 1.54) is 6.33 Å². The Morgan fingerprint density at radius 1 is 1.38 bits per heavy atom. The van der Waals surface area contributed by atoms with Crippen molar-refractivity contribution in [2.24, 2.45) is 0 Å². The van der Waals surface area contributed by atoms with E-state index in [1.807, 2.05) is 13.8 Å². The zero-order chi connectivity index (χ0) is 12.3. The van der Waals surface area contributed by atoms with Crippen molar-refractivity contribution >= 4 is 5.82 Å². The van der Waals surface area contributed by atoms with Crippen LogP contribution in [-0.2, 0) is 0 Å². The summed E-state index contributed by atoms with van der Waals surface area (Å²) < 4.78 is 5.89. The lowest BCUT2D eigenvalue weighted by atomic mass is 10.0. The molecule has 4 nitrogen and oxygen atoms in total. The molecule has 0 fully saturated rings. The number of nitrogen functional groups attached to an aromatic ring is 1. The van der Waals surface area contributed by atoms with Crippen LogP contribution in [0.25, 0.3) is 0 Å². The van der Waals surface area contributed by atoms with Crippen molar-refractivity contribution in [3.8, 4) is 5.88 Å². The molecule has 90 valence electrons. The van der Waals surface area contributed by atoms with Gasteiger partial charge in [-0.3, -0.25) is 0 Å². The summed E-state index contributed by atoms with van der Waals surface area (Å²) in [5.41, 5.74) is 6.51. The van der Waals surface area contributed by atoms with Crippen LogP contribution in [0.5, 0.6) is 5.88 Å². The second-order valence-electron chi connectivity index (χ2n) is 4.85. The number of nitrogens with two attached hydrogens (primary N) is 1. The van der Waals surface area contributed by atoms with Gasteiger partial charge in [-0.2, -0.15) is 0 Å². The maximum atomic E-state index is 5.89. The van der Waals surface area contributed by atoms with Crippen molar-refractivity contribution in [1.82, 2.24) is 9.97 Å². The maximum Gasteiger partial charge on any atom is 0.222 e. The van der Waals surface area contributed by atoms with Crippen LogP contribution in [0.2, 0.25) is 0 Å². The van der Waals surface area contributed by atoms with Gasteiger partial charge in [-0.1, -0.05) is 20.8 Å². The normalized spacial score (nSPS) is 11.9. The molecule has 0 saturated carbocycles. The van der Waals surface area contributed by atoms with Gasteiger partial charge in [0.15, 0.2) is 0 Å². The fraction of sp³-hybridized carbons (Fsp3) is 0.667. The Labute approximate surface area is 97.2 Å². The number of rotatable bonds is 4. The summed E-state index contributed by atoms with van der Waals surface area (Å²) in [6.07, 6.45) is 2.36. The smallest absolute Gasteiger partial charge is 0.222 e. The topological polar surface area (TPSA) is 61.0 Å². The molecule has 0 radical (unpaired) electrons. The second-order valence-corrected chi connectivity index (χ2v) is 4.85. The van der Waals surface area contributed by atoms with Crippen molar-refractivity contribution in [3.63, 3.8) is 0 Å². The minimum absolute atomic E-state index is 0.232. The summed E-state index contributed by atoms with van der Waals surface area (Å²) in [6.45, 7) is 10.3. The number of aromatic nitrogens is 2. The lowest BCUT2D eigenvalue weighted by Gasteiger charge is -2.26. The minimum Gasteiger partial charge on any atom is -0.471 e. The standard InChI is InChI=1S/C12H21N3O/c1-6-12(4,5)16-11-9(8(2)3)10(13)14-7-15-11/h7-8H,6H2,1-5H3,(H2,13,14,15). The molecule has 0 aliphatic heterocycles. The summed E-state index contributed by atoms with van der Waals surface area (Å²) in [5.74, 6) is 1.37. The minimum atomic E-state index is -0.232. The van der Waals surface area contributed by atoms with Crippen molar-refractivity contribution < 1.29 is 4.74 Å². The average molecular weight is 223 g/mol. The molecule has 0 aromatic carbocycles. The number of anilines is 1. The Balaban J connectivity index is 3.09. The molecule has 1 rings (SSSR count). The summed E-state index contributed by atoms with van der Waals surface area (Å²) in [5, 5.41) is 0. The largest absolute Gasteiger partial charge is 0.471 e. The highest BCUT2D eigenvalue weighted by molar-refractivity contribution is 5.46. The first-order chi connectivity index (χ1) is 7.37. The third kappa shape index (κ3) is 2.84. The quantitative estimate of drug-likeness (QED) is 0.852. The number of nitrogens with zero attached hydrogens (tertiary/aromatic N) is 2. The van der Waals surface area contributed by atoms with Crippen LogP contribution in [0.15, 0.2) is 6.33 Å². The first-order valence-corrected chi connectivity index (χ1v) is 5.66. The highest BCUT2D eigenvalue weighted by Crippen LogP contribution is 2.30. The molecule has 0 spiro atoms. The molecule has 0 aliphatic rings. The van der Waals surface area contributed by atoms with E-state index in [2.05, 4.69) is 30.7 Å². The summed E-state index contributed by atoms with van der Waals surface area (Å²) >= 11 is 0. The van der Waals surface area contributed by atoms with Gasteiger partial charge in [-0.25, -0.2) is 9.97 Å². The zero-order valence-corrected chi connectivity index (χ0v) is 10.7. The highest BCUT2D eigenvalue weighted by Gasteiger charge is 2.22. The van der Waals surface area contributed by atoms with Crippen LogP contribution in [0, 0.1) is 0 Å². The van der Waals surface area contributed by atoms with Gasteiger partial charge in [0.2, 0.25) is 5.88 Å². The summed E-state index contributed by atoms with van der Waals surface area (Å²) in [4.78, 5) is 8.18. The van der Waals surface area contributed by atoms with E-state index >= 15 is 0 Å². The third-order valence-electron chi connectivity index (χ3n) is 2.68. The average Bonchev–Trinajstić information content (AvgIpc) is 2.16. The van der Waals surface area contributed by atoms with Gasteiger partial charge in [0.1, 0.15) is 17.7 Å². The molecule has 0 aliphatic carbocycles. The molecule has 4 heteroatoms. The van der Waals surface area contributed by atoms with Gasteiger partial charge >= 0.3 is 0 Å². The van der Waals surface area contributed by atoms with E-state index in [0.717, 1.165) is 12.0 Å². The van der Waals surface area contributed by atoms with Gasteiger partial charge < -0.3 is 10.5 Å². The fourth-order valence-corrected chi connectivity index (χ4v) is 1.35. The van der Waals surface area contributed by atoms with Crippen LogP contribution in [0.3, 0.4) is 0 Å². The van der Waals surface area contributed by atoms with E-state index in [-0.39, 0.29) is 11.5 Å². The molecule has 0 unspecified atom stereocenters. The van der Waals surface area contributed by atoms with Crippen molar-refractivity contribution in [2.45, 2.75) is 52.6 Å². The molecule has 1 heterocycles. The number of hydrogen-bond acceptors (Lipinski definition) is 4. The third-order valence-corrected chi connectivity index (χ3v) is 2.68. The molecular formula is C12H21N3O. The van der Waals surface area contributed by atoms with E-state index in [4.69, 9.17) is 10.5 Å². The van der Waals surface area contributed by atoms with Crippen LogP contribution >= 0.6 is 0 Å². The van der Waals surface area contributed by atoms with Crippen LogP contribution < -0.4 is 10.5 Å². The van der Waals surface area contributed by atoms with Gasteiger partial charge in [0.05, 0.1) is 5.56 Å². The molecule has 0 amide bonds. The SMILES string of the molecule is CCC(C)(C)Oc1ncnc(N)c1C(C)C. The van der Waals surface area contributed by atoms with Crippen LogP contribution in [0.1, 0.15) is 52.5 Å². The Kier molecular flexibility index (Phi) is 3.73. The first-order valence-electron chi connectivity index (χ1n) is 5.66. The molecule has 0 bridgehead atoms. The first kappa shape index (κ1) is 12.7. The fourth-order valence-electron chi connectivity index (χ4n) is 1.35. The number of hydrogen-bond donors (Lipinski definition) is 1. The van der Waals surface area contributed by atoms with Crippen LogP contribution in [-0.4, -0.2) is 15.6 Å². The van der Waals surface area contributed by atoms with Gasteiger partial charge in [0, 0.05) is 0 Å². The monoisotopic (exact) mass is 223 g/mol. The van der Waals surface area contributed by atoms with Crippen molar-refractivity contribution in [1.29, 1.82) is 0 Å². The van der Waals surface area contributed by atoms with Crippen LogP contribution in [0.4, 0.5) is 5.82 Å². The summed E-state index contributed by atoms with van der Waals surface area (Å²) in [7, 11) is 0. The van der Waals surface area contributed by atoms with Gasteiger partial charge in [-0.05, 0) is 26.2 Å². The predicted molar refractivity (Wildman–Crippen MR) is 65.5 cm³/mol. The van der Waals surface area contributed by atoms with Gasteiger partial charge in [0.25, 0.3) is 0 Å². The molecule has 2 N–H and O–H groups in total. The van der Waals surface area contributed by atoms with E-state index < -0.39 is 0 Å². The maximum absolute atomic E-state index is 5.89. The Bertz CT molecular complexity index is 361. The Morgan fingerprint density at radius 3 is 2.50 bits per heavy atom. The lowest BCUT2D eigenvalue weighted by Crippen LogP contribution is -2.28. The predicted octanol–water partition coefficient (Wildman–Crippen LogP) is 2.75. The van der Waals surface area contributed by atoms with Gasteiger partial charge in [-0.15, -0.1) is 0 Å². The molecular weight excluding hydrogens is 202 g/mol. The second kappa shape index (κ2) is 4.68. The molecule has 1 aromatic rings. The molecule has 16 heavy (non-hydrogen) atoms. The Hall–Kier alpha value is -1.32. The van der Waals surface area contributed by atoms with E-state index in [9.17, 15) is 0 Å².